The van der Waals surface area contributed by atoms with Crippen LogP contribution >= 0.6 is 11.6 Å². The molecule has 1 aromatic heterocycles. The second-order valence-electron chi connectivity index (χ2n) is 4.60. The first-order valence-corrected chi connectivity index (χ1v) is 6.33. The van der Waals surface area contributed by atoms with Crippen molar-refractivity contribution in [2.75, 3.05) is 0 Å². The summed E-state index contributed by atoms with van der Waals surface area (Å²) in [6.07, 6.45) is 1.76. The Labute approximate surface area is 110 Å². The number of hydrogen-bond donors (Lipinski definition) is 2. The van der Waals surface area contributed by atoms with E-state index in [1.165, 1.54) is 0 Å². The number of phenols is 1. The van der Waals surface area contributed by atoms with Crippen LogP contribution in [0.15, 0.2) is 24.3 Å². The Kier molecular flexibility index (Phi) is 2.76. The van der Waals surface area contributed by atoms with Crippen molar-refractivity contribution in [3.05, 3.63) is 35.1 Å². The Balaban J connectivity index is 2.17. The zero-order valence-electron chi connectivity index (χ0n) is 9.81. The third-order valence-electron chi connectivity index (χ3n) is 3.34. The summed E-state index contributed by atoms with van der Waals surface area (Å²) >= 11 is 6.16. The topological polar surface area (TPSA) is 64.1 Å². The van der Waals surface area contributed by atoms with E-state index in [4.69, 9.17) is 17.3 Å². The van der Waals surface area contributed by atoms with Crippen molar-refractivity contribution in [3.8, 4) is 17.1 Å². The van der Waals surface area contributed by atoms with Gasteiger partial charge in [-0.25, -0.2) is 4.98 Å². The van der Waals surface area contributed by atoms with Gasteiger partial charge in [0.15, 0.2) is 5.15 Å². The Morgan fingerprint density at radius 2 is 2.17 bits per heavy atom. The second kappa shape index (κ2) is 4.30. The fourth-order valence-electron chi connectivity index (χ4n) is 2.41. The Morgan fingerprint density at radius 1 is 1.39 bits per heavy atom. The molecule has 1 atom stereocenters. The summed E-state index contributed by atoms with van der Waals surface area (Å²) in [6, 6.07) is 7.25. The smallest absolute Gasteiger partial charge is 0.150 e. The highest BCUT2D eigenvalue weighted by molar-refractivity contribution is 6.30. The van der Waals surface area contributed by atoms with Gasteiger partial charge in [-0.2, -0.15) is 0 Å². The van der Waals surface area contributed by atoms with Crippen LogP contribution in [0.4, 0.5) is 0 Å². The van der Waals surface area contributed by atoms with Crippen LogP contribution in [0.2, 0.25) is 5.15 Å². The number of hydrogen-bond acceptors (Lipinski definition) is 3. The van der Waals surface area contributed by atoms with E-state index in [1.807, 2.05) is 16.7 Å². The van der Waals surface area contributed by atoms with Crippen LogP contribution in [0.1, 0.15) is 12.1 Å². The first kappa shape index (κ1) is 11.6. The molecule has 3 rings (SSSR count). The number of aromatic hydroxyl groups is 1. The van der Waals surface area contributed by atoms with Crippen LogP contribution in [-0.2, 0) is 13.0 Å². The van der Waals surface area contributed by atoms with Gasteiger partial charge < -0.3 is 15.4 Å². The lowest BCUT2D eigenvalue weighted by Crippen LogP contribution is -2.32. The minimum Gasteiger partial charge on any atom is -0.507 e. The van der Waals surface area contributed by atoms with Gasteiger partial charge in [0.05, 0.1) is 11.3 Å². The van der Waals surface area contributed by atoms with E-state index >= 15 is 0 Å². The van der Waals surface area contributed by atoms with E-state index in [0.717, 1.165) is 18.5 Å². The first-order valence-electron chi connectivity index (χ1n) is 5.95. The average molecular weight is 264 g/mol. The van der Waals surface area contributed by atoms with Crippen LogP contribution in [0.25, 0.3) is 11.4 Å². The maximum absolute atomic E-state index is 9.91. The zero-order valence-corrected chi connectivity index (χ0v) is 10.6. The van der Waals surface area contributed by atoms with Crippen molar-refractivity contribution < 1.29 is 5.11 Å². The van der Waals surface area contributed by atoms with Crippen molar-refractivity contribution in [1.29, 1.82) is 0 Å². The lowest BCUT2D eigenvalue weighted by Gasteiger charge is -2.22. The van der Waals surface area contributed by atoms with Gasteiger partial charge in [0.2, 0.25) is 0 Å². The van der Waals surface area contributed by atoms with Crippen LogP contribution < -0.4 is 5.73 Å². The van der Waals surface area contributed by atoms with Crippen LogP contribution in [0.5, 0.6) is 5.75 Å². The van der Waals surface area contributed by atoms with Crippen molar-refractivity contribution in [3.63, 3.8) is 0 Å². The summed E-state index contributed by atoms with van der Waals surface area (Å²) in [5.41, 5.74) is 7.69. The Hall–Kier alpha value is -1.52. The number of para-hydroxylation sites is 1. The van der Waals surface area contributed by atoms with Gasteiger partial charge in [-0.3, -0.25) is 0 Å². The number of rotatable bonds is 1. The summed E-state index contributed by atoms with van der Waals surface area (Å²) < 4.78 is 2.02. The quantitative estimate of drug-likeness (QED) is 0.829. The highest BCUT2D eigenvalue weighted by Gasteiger charge is 2.24. The molecule has 3 N–H and O–H groups in total. The predicted octanol–water partition coefficient (Wildman–Crippen LogP) is 2.18. The van der Waals surface area contributed by atoms with Gasteiger partial charge in [-0.1, -0.05) is 23.7 Å². The van der Waals surface area contributed by atoms with Gasteiger partial charge >= 0.3 is 0 Å². The third kappa shape index (κ3) is 1.78. The van der Waals surface area contributed by atoms with E-state index in [1.54, 1.807) is 12.1 Å². The highest BCUT2D eigenvalue weighted by Crippen LogP contribution is 2.33. The number of halogens is 1. The molecule has 0 amide bonds. The summed E-state index contributed by atoms with van der Waals surface area (Å²) in [6.45, 7) is 0.693. The number of nitrogens with two attached hydrogens (primary N) is 1. The molecule has 1 aliphatic heterocycles. The first-order chi connectivity index (χ1) is 8.66. The molecule has 2 aromatic rings. The van der Waals surface area contributed by atoms with Crippen LogP contribution in [0, 0.1) is 0 Å². The van der Waals surface area contributed by atoms with E-state index in [-0.39, 0.29) is 11.8 Å². The molecule has 94 valence electrons. The second-order valence-corrected chi connectivity index (χ2v) is 4.96. The summed E-state index contributed by atoms with van der Waals surface area (Å²) in [7, 11) is 0. The fraction of sp³-hybridized carbons (Fsp3) is 0.308. The van der Waals surface area contributed by atoms with Gasteiger partial charge in [0.25, 0.3) is 0 Å². The SMILES string of the molecule is NC1CCc2c(Cl)nc(-c3ccccc3O)n2C1. The third-order valence-corrected chi connectivity index (χ3v) is 3.64. The zero-order chi connectivity index (χ0) is 12.7. The lowest BCUT2D eigenvalue weighted by atomic mass is 10.1. The van der Waals surface area contributed by atoms with Gasteiger partial charge in [0, 0.05) is 12.6 Å². The summed E-state index contributed by atoms with van der Waals surface area (Å²) in [5, 5.41) is 10.4. The predicted molar refractivity (Wildman–Crippen MR) is 70.6 cm³/mol. The van der Waals surface area contributed by atoms with Gasteiger partial charge in [0.1, 0.15) is 11.6 Å². The number of aromatic nitrogens is 2. The van der Waals surface area contributed by atoms with E-state index in [2.05, 4.69) is 4.98 Å². The van der Waals surface area contributed by atoms with Crippen molar-refractivity contribution in [2.24, 2.45) is 5.73 Å². The number of imidazole rings is 1. The van der Waals surface area contributed by atoms with Crippen molar-refractivity contribution in [2.45, 2.75) is 25.4 Å². The molecule has 0 bridgehead atoms. The molecule has 18 heavy (non-hydrogen) atoms. The molecule has 5 heteroatoms. The number of nitrogens with zero attached hydrogens (tertiary/aromatic N) is 2. The fourth-order valence-corrected chi connectivity index (χ4v) is 2.68. The number of fused-ring (bicyclic) bond motifs is 1. The standard InChI is InChI=1S/C13H14ClN3O/c14-12-10-6-5-8(15)7-17(10)13(16-12)9-3-1-2-4-11(9)18/h1-4,8,18H,5-7,15H2. The summed E-state index contributed by atoms with van der Waals surface area (Å²) in [4.78, 5) is 4.37. The molecule has 1 unspecified atom stereocenters. The minimum absolute atomic E-state index is 0.118. The molecule has 0 saturated heterocycles. The average Bonchev–Trinajstić information content (AvgIpc) is 2.67. The van der Waals surface area contributed by atoms with Gasteiger partial charge in [-0.05, 0) is 25.0 Å². The normalized spacial score (nSPS) is 18.7. The molecular formula is C13H14ClN3O. The summed E-state index contributed by atoms with van der Waals surface area (Å²) in [5.74, 6) is 0.907. The monoisotopic (exact) mass is 263 g/mol. The van der Waals surface area contributed by atoms with E-state index in [0.29, 0.717) is 23.1 Å². The van der Waals surface area contributed by atoms with Gasteiger partial charge in [-0.15, -0.1) is 0 Å². The van der Waals surface area contributed by atoms with E-state index in [9.17, 15) is 5.11 Å². The highest BCUT2D eigenvalue weighted by atomic mass is 35.5. The molecule has 0 saturated carbocycles. The Bertz CT molecular complexity index is 594. The molecule has 4 nitrogen and oxygen atoms in total. The molecule has 1 aromatic carbocycles. The molecule has 0 radical (unpaired) electrons. The number of phenolic OH excluding ortho intramolecular Hbond substituents is 1. The molecular weight excluding hydrogens is 250 g/mol. The van der Waals surface area contributed by atoms with Crippen LogP contribution in [0.3, 0.4) is 0 Å². The largest absolute Gasteiger partial charge is 0.507 e. The maximum atomic E-state index is 9.91. The van der Waals surface area contributed by atoms with Crippen molar-refractivity contribution >= 4 is 11.6 Å². The van der Waals surface area contributed by atoms with Crippen LogP contribution in [-0.4, -0.2) is 20.7 Å². The number of benzene rings is 1. The molecule has 0 aliphatic carbocycles. The molecule has 0 fully saturated rings. The molecule has 2 heterocycles. The Morgan fingerprint density at radius 3 is 2.94 bits per heavy atom. The van der Waals surface area contributed by atoms with E-state index < -0.39 is 0 Å². The van der Waals surface area contributed by atoms with Crippen molar-refractivity contribution in [1.82, 2.24) is 9.55 Å². The molecule has 0 spiro atoms. The lowest BCUT2D eigenvalue weighted by molar-refractivity contribution is 0.458. The minimum atomic E-state index is 0.118. The maximum Gasteiger partial charge on any atom is 0.150 e. The molecule has 1 aliphatic rings.